The Hall–Kier alpha value is -1.63. The van der Waals surface area contributed by atoms with Gasteiger partial charge in [0, 0.05) is 12.0 Å². The van der Waals surface area contributed by atoms with E-state index in [9.17, 15) is 8.42 Å². The number of furan rings is 1. The van der Waals surface area contributed by atoms with E-state index in [0.29, 0.717) is 12.3 Å². The second-order valence-electron chi connectivity index (χ2n) is 5.23. The molecule has 0 amide bonds. The molecule has 112 valence electrons. The molecule has 2 unspecified atom stereocenters. The first-order chi connectivity index (χ1) is 10.1. The number of nitrogens with one attached hydrogen (secondary N) is 2. The van der Waals surface area contributed by atoms with E-state index in [1.165, 1.54) is 11.6 Å². The van der Waals surface area contributed by atoms with E-state index in [1.54, 1.807) is 13.1 Å². The minimum Gasteiger partial charge on any atom is -0.447 e. The van der Waals surface area contributed by atoms with Crippen LogP contribution >= 0.6 is 0 Å². The molecule has 0 spiro atoms. The molecule has 3 rings (SSSR count). The molecule has 2 atom stereocenters. The minimum atomic E-state index is -3.58. The van der Waals surface area contributed by atoms with Crippen LogP contribution in [0.1, 0.15) is 23.7 Å². The van der Waals surface area contributed by atoms with Crippen molar-refractivity contribution in [2.45, 2.75) is 30.0 Å². The van der Waals surface area contributed by atoms with Crippen LogP contribution in [0.15, 0.2) is 52.0 Å². The average molecular weight is 306 g/mol. The third-order valence-electron chi connectivity index (χ3n) is 3.58. The maximum absolute atomic E-state index is 12.3. The molecule has 0 bridgehead atoms. The van der Waals surface area contributed by atoms with Gasteiger partial charge < -0.3 is 9.73 Å². The lowest BCUT2D eigenvalue weighted by molar-refractivity contribution is 0.404. The minimum absolute atomic E-state index is 0.0218. The highest BCUT2D eigenvalue weighted by molar-refractivity contribution is 7.89. The first-order valence-electron chi connectivity index (χ1n) is 6.91. The second kappa shape index (κ2) is 5.63. The Morgan fingerprint density at radius 2 is 1.95 bits per heavy atom. The lowest BCUT2D eigenvalue weighted by Gasteiger charge is -2.04. The second-order valence-corrected chi connectivity index (χ2v) is 6.88. The van der Waals surface area contributed by atoms with Gasteiger partial charge in [-0.05, 0) is 31.2 Å². The molecule has 1 aliphatic rings. The van der Waals surface area contributed by atoms with Crippen LogP contribution in [-0.4, -0.2) is 21.5 Å². The van der Waals surface area contributed by atoms with Crippen molar-refractivity contribution in [1.29, 1.82) is 0 Å². The van der Waals surface area contributed by atoms with Crippen molar-refractivity contribution in [2.75, 3.05) is 7.05 Å². The maximum atomic E-state index is 12.3. The van der Waals surface area contributed by atoms with Gasteiger partial charge in [-0.25, -0.2) is 13.1 Å². The van der Waals surface area contributed by atoms with Gasteiger partial charge in [0.1, 0.15) is 5.76 Å². The van der Waals surface area contributed by atoms with E-state index < -0.39 is 10.0 Å². The SMILES string of the molecule is CNCc1ccc(S(=O)(=O)NC2CC2c2ccccc2)o1. The van der Waals surface area contributed by atoms with Crippen LogP contribution in [0, 0.1) is 0 Å². The average Bonchev–Trinajstić information content (AvgIpc) is 3.04. The quantitative estimate of drug-likeness (QED) is 0.854. The summed E-state index contributed by atoms with van der Waals surface area (Å²) in [4.78, 5) is 0. The van der Waals surface area contributed by atoms with Crippen LogP contribution in [0.4, 0.5) is 0 Å². The molecule has 1 aromatic heterocycles. The smallest absolute Gasteiger partial charge is 0.274 e. The van der Waals surface area contributed by atoms with Gasteiger partial charge in [-0.1, -0.05) is 30.3 Å². The van der Waals surface area contributed by atoms with Gasteiger partial charge in [-0.15, -0.1) is 0 Å². The van der Waals surface area contributed by atoms with Crippen LogP contribution in [-0.2, 0) is 16.6 Å². The predicted molar refractivity (Wildman–Crippen MR) is 79.4 cm³/mol. The highest BCUT2D eigenvalue weighted by atomic mass is 32.2. The predicted octanol–water partition coefficient (Wildman–Crippen LogP) is 1.83. The molecular weight excluding hydrogens is 288 g/mol. The van der Waals surface area contributed by atoms with E-state index in [0.717, 1.165) is 6.42 Å². The van der Waals surface area contributed by atoms with Crippen molar-refractivity contribution in [2.24, 2.45) is 0 Å². The van der Waals surface area contributed by atoms with Crippen LogP contribution in [0.5, 0.6) is 0 Å². The number of rotatable bonds is 6. The lowest BCUT2D eigenvalue weighted by Crippen LogP contribution is -2.26. The molecule has 5 nitrogen and oxygen atoms in total. The summed E-state index contributed by atoms with van der Waals surface area (Å²) in [7, 11) is -1.80. The molecule has 6 heteroatoms. The lowest BCUT2D eigenvalue weighted by atomic mass is 10.1. The Morgan fingerprint density at radius 1 is 1.19 bits per heavy atom. The van der Waals surface area contributed by atoms with Crippen molar-refractivity contribution in [1.82, 2.24) is 10.0 Å². The zero-order valence-corrected chi connectivity index (χ0v) is 12.6. The van der Waals surface area contributed by atoms with E-state index in [-0.39, 0.29) is 17.1 Å². The summed E-state index contributed by atoms with van der Waals surface area (Å²) < 4.78 is 32.6. The fourth-order valence-electron chi connectivity index (χ4n) is 2.42. The van der Waals surface area contributed by atoms with E-state index in [2.05, 4.69) is 10.0 Å². The third kappa shape index (κ3) is 3.18. The topological polar surface area (TPSA) is 71.3 Å². The van der Waals surface area contributed by atoms with Crippen molar-refractivity contribution >= 4 is 10.0 Å². The summed E-state index contributed by atoms with van der Waals surface area (Å²) in [6.07, 6.45) is 0.827. The molecule has 1 aromatic carbocycles. The summed E-state index contributed by atoms with van der Waals surface area (Å²) in [5, 5.41) is 2.90. The van der Waals surface area contributed by atoms with Crippen LogP contribution in [0.2, 0.25) is 0 Å². The van der Waals surface area contributed by atoms with E-state index in [4.69, 9.17) is 4.42 Å². The largest absolute Gasteiger partial charge is 0.447 e. The molecule has 2 N–H and O–H groups in total. The van der Waals surface area contributed by atoms with Gasteiger partial charge in [-0.2, -0.15) is 0 Å². The van der Waals surface area contributed by atoms with Crippen molar-refractivity contribution in [3.63, 3.8) is 0 Å². The summed E-state index contributed by atoms with van der Waals surface area (Å²) in [6.45, 7) is 0.506. The fourth-order valence-corrected chi connectivity index (χ4v) is 3.66. The number of benzene rings is 1. The molecule has 0 aliphatic heterocycles. The highest BCUT2D eigenvalue weighted by Gasteiger charge is 2.41. The van der Waals surface area contributed by atoms with Crippen molar-refractivity contribution < 1.29 is 12.8 Å². The standard InChI is InChI=1S/C15H18N2O3S/c1-16-10-12-7-8-15(20-12)21(18,19)17-14-9-13(14)11-5-3-2-4-6-11/h2-8,13-14,16-17H,9-10H2,1H3. The van der Waals surface area contributed by atoms with Gasteiger partial charge in [0.05, 0.1) is 6.54 Å². The Bertz CT molecular complexity index is 710. The first-order valence-corrected chi connectivity index (χ1v) is 8.39. The Morgan fingerprint density at radius 3 is 2.67 bits per heavy atom. The molecular formula is C15H18N2O3S. The van der Waals surface area contributed by atoms with E-state index >= 15 is 0 Å². The zero-order chi connectivity index (χ0) is 14.9. The molecule has 1 fully saturated rings. The van der Waals surface area contributed by atoms with Crippen molar-refractivity contribution in [3.8, 4) is 0 Å². The molecule has 21 heavy (non-hydrogen) atoms. The molecule has 0 radical (unpaired) electrons. The van der Waals surface area contributed by atoms with E-state index in [1.807, 2.05) is 30.3 Å². The van der Waals surface area contributed by atoms with Crippen LogP contribution in [0.3, 0.4) is 0 Å². The highest BCUT2D eigenvalue weighted by Crippen LogP contribution is 2.41. The number of hydrogen-bond acceptors (Lipinski definition) is 4. The molecule has 2 aromatic rings. The van der Waals surface area contributed by atoms with Crippen molar-refractivity contribution in [3.05, 3.63) is 53.8 Å². The number of sulfonamides is 1. The summed E-state index contributed by atoms with van der Waals surface area (Å²) in [6, 6.07) is 13.1. The normalized spacial score (nSPS) is 21.4. The van der Waals surface area contributed by atoms with Gasteiger partial charge in [0.15, 0.2) is 0 Å². The van der Waals surface area contributed by atoms with Gasteiger partial charge in [-0.3, -0.25) is 0 Å². The molecule has 0 saturated heterocycles. The maximum Gasteiger partial charge on any atom is 0.274 e. The Balaban J connectivity index is 1.67. The molecule has 1 heterocycles. The molecule has 1 aliphatic carbocycles. The third-order valence-corrected chi connectivity index (χ3v) is 4.94. The number of hydrogen-bond donors (Lipinski definition) is 2. The van der Waals surface area contributed by atoms with Gasteiger partial charge >= 0.3 is 0 Å². The van der Waals surface area contributed by atoms with Gasteiger partial charge in [0.2, 0.25) is 5.09 Å². The molecule has 1 saturated carbocycles. The first kappa shape index (κ1) is 14.3. The fraction of sp³-hybridized carbons (Fsp3) is 0.333. The summed E-state index contributed by atoms with van der Waals surface area (Å²) in [5.74, 6) is 0.862. The monoisotopic (exact) mass is 306 g/mol. The van der Waals surface area contributed by atoms with Crippen LogP contribution < -0.4 is 10.0 Å². The summed E-state index contributed by atoms with van der Waals surface area (Å²) in [5.41, 5.74) is 1.17. The van der Waals surface area contributed by atoms with Crippen LogP contribution in [0.25, 0.3) is 0 Å². The Kier molecular flexibility index (Phi) is 3.84. The summed E-state index contributed by atoms with van der Waals surface area (Å²) >= 11 is 0. The zero-order valence-electron chi connectivity index (χ0n) is 11.7. The Labute approximate surface area is 124 Å². The van der Waals surface area contributed by atoms with Gasteiger partial charge in [0.25, 0.3) is 10.0 Å².